The molecule has 5 heteroatoms. The van der Waals surface area contributed by atoms with Gasteiger partial charge in [-0.05, 0) is 17.6 Å². The molecule has 0 radical (unpaired) electrons. The Hall–Kier alpha value is -3.42. The first kappa shape index (κ1) is 16.0. The molecule has 0 N–H and O–H groups in total. The van der Waals surface area contributed by atoms with E-state index in [-0.39, 0.29) is 28.9 Å². The molecule has 0 amide bonds. The van der Waals surface area contributed by atoms with Gasteiger partial charge in [0.1, 0.15) is 18.2 Å². The Bertz CT molecular complexity index is 851. The van der Waals surface area contributed by atoms with Crippen molar-refractivity contribution in [2.45, 2.75) is 13.0 Å². The van der Waals surface area contributed by atoms with E-state index in [0.717, 1.165) is 5.56 Å². The van der Waals surface area contributed by atoms with E-state index in [1.807, 2.05) is 54.4 Å². The van der Waals surface area contributed by atoms with Gasteiger partial charge in [0.2, 0.25) is 0 Å². The molecule has 0 saturated heterocycles. The van der Waals surface area contributed by atoms with Gasteiger partial charge in [-0.1, -0.05) is 30.3 Å². The Morgan fingerprint density at radius 2 is 1.57 bits per heavy atom. The lowest BCUT2D eigenvalue weighted by atomic mass is 10.0. The highest BCUT2D eigenvalue weighted by atomic mass is 16.5. The van der Waals surface area contributed by atoms with Crippen LogP contribution < -0.4 is 0 Å². The van der Waals surface area contributed by atoms with Gasteiger partial charge in [0.05, 0.1) is 29.9 Å². The van der Waals surface area contributed by atoms with Crippen molar-refractivity contribution in [3.05, 3.63) is 69.2 Å². The standard InChI is InChI=1S/C18H11N4O/c19-8-15-14(16(9-20)18(11-22)17(15)10-21)6-7-23-12-13-4-2-1-3-5-13/h1-5H,6-7,12H2/q-1. The summed E-state index contributed by atoms with van der Waals surface area (Å²) >= 11 is 0. The fourth-order valence-corrected chi connectivity index (χ4v) is 2.34. The van der Waals surface area contributed by atoms with E-state index in [2.05, 4.69) is 0 Å². The Labute approximate surface area is 134 Å². The van der Waals surface area contributed by atoms with Gasteiger partial charge in [0.25, 0.3) is 0 Å². The summed E-state index contributed by atoms with van der Waals surface area (Å²) in [5.41, 5.74) is 1.59. The van der Waals surface area contributed by atoms with E-state index in [0.29, 0.717) is 18.6 Å². The van der Waals surface area contributed by atoms with Crippen LogP contribution in [0, 0.1) is 34.0 Å². The van der Waals surface area contributed by atoms with Crippen LogP contribution in [-0.4, -0.2) is 12.5 Å². The van der Waals surface area contributed by atoms with Crippen LogP contribution in [0.4, 0.5) is 0 Å². The quantitative estimate of drug-likeness (QED) is 0.615. The zero-order valence-electron chi connectivity index (χ0n) is 12.2. The minimum Gasteiger partial charge on any atom is -0.763 e. The van der Waals surface area contributed by atoms with Crippen molar-refractivity contribution in [2.75, 3.05) is 6.61 Å². The SMILES string of the molecule is N#CC1=C(C#N)C(C#N)=C(CCOCc2ccccc2)C1=C=[N-]. The molecular formula is C18H11N4O-. The van der Waals surface area contributed by atoms with Gasteiger partial charge in [-0.15, -0.1) is 0 Å². The summed E-state index contributed by atoms with van der Waals surface area (Å²) in [4.78, 5) is 0. The van der Waals surface area contributed by atoms with E-state index in [1.165, 1.54) is 0 Å². The van der Waals surface area contributed by atoms with E-state index >= 15 is 0 Å². The normalized spacial score (nSPS) is 13.3. The number of nitriles is 3. The number of benzene rings is 1. The third-order valence-corrected chi connectivity index (χ3v) is 3.41. The van der Waals surface area contributed by atoms with Gasteiger partial charge >= 0.3 is 0 Å². The monoisotopic (exact) mass is 299 g/mol. The Morgan fingerprint density at radius 1 is 0.913 bits per heavy atom. The molecule has 5 nitrogen and oxygen atoms in total. The van der Waals surface area contributed by atoms with E-state index in [1.54, 1.807) is 0 Å². The molecule has 0 bridgehead atoms. The van der Waals surface area contributed by atoms with E-state index < -0.39 is 0 Å². The molecule has 1 aliphatic rings. The predicted molar refractivity (Wildman–Crippen MR) is 83.5 cm³/mol. The molecule has 0 aromatic heterocycles. The van der Waals surface area contributed by atoms with Crippen LogP contribution in [0.25, 0.3) is 5.41 Å². The summed E-state index contributed by atoms with van der Waals surface area (Å²) in [6.07, 6.45) is 0.301. The Balaban J connectivity index is 2.10. The second-order valence-electron chi connectivity index (χ2n) is 4.71. The number of hydrogen-bond acceptors (Lipinski definition) is 4. The van der Waals surface area contributed by atoms with Gasteiger partial charge in [-0.3, -0.25) is 5.87 Å². The van der Waals surface area contributed by atoms with Crippen LogP contribution in [0.15, 0.2) is 58.2 Å². The second-order valence-corrected chi connectivity index (χ2v) is 4.71. The maximum absolute atomic E-state index is 9.23. The zero-order valence-corrected chi connectivity index (χ0v) is 12.2. The van der Waals surface area contributed by atoms with Crippen molar-refractivity contribution >= 4 is 5.87 Å². The summed E-state index contributed by atoms with van der Waals surface area (Å²) in [5.74, 6) is 1.92. The van der Waals surface area contributed by atoms with Gasteiger partial charge in [0.15, 0.2) is 0 Å². The van der Waals surface area contributed by atoms with Crippen molar-refractivity contribution in [1.82, 2.24) is 0 Å². The molecule has 0 fully saturated rings. The highest BCUT2D eigenvalue weighted by Gasteiger charge is 2.28. The number of hydrogen-bond donors (Lipinski definition) is 0. The van der Waals surface area contributed by atoms with Crippen LogP contribution >= 0.6 is 0 Å². The molecule has 1 aliphatic carbocycles. The summed E-state index contributed by atoms with van der Waals surface area (Å²) in [5, 5.41) is 36.7. The second kappa shape index (κ2) is 7.55. The minimum atomic E-state index is -0.0235. The lowest BCUT2D eigenvalue weighted by Gasteiger charge is -2.08. The molecule has 1 aromatic rings. The lowest BCUT2D eigenvalue weighted by Crippen LogP contribution is -1.99. The largest absolute Gasteiger partial charge is 0.763 e. The van der Waals surface area contributed by atoms with Gasteiger partial charge in [-0.2, -0.15) is 15.8 Å². The first-order chi connectivity index (χ1) is 11.3. The fraction of sp³-hybridized carbons (Fsp3) is 0.167. The molecule has 1 aromatic carbocycles. The minimum absolute atomic E-state index is 0.0235. The molecule has 23 heavy (non-hydrogen) atoms. The molecule has 0 spiro atoms. The summed E-state index contributed by atoms with van der Waals surface area (Å²) in [7, 11) is 0. The Kier molecular flexibility index (Phi) is 5.24. The highest BCUT2D eigenvalue weighted by molar-refractivity contribution is 5.86. The summed E-state index contributed by atoms with van der Waals surface area (Å²) < 4.78 is 5.55. The highest BCUT2D eigenvalue weighted by Crippen LogP contribution is 2.36. The molecule has 0 aliphatic heterocycles. The van der Waals surface area contributed by atoms with Crippen LogP contribution in [0.2, 0.25) is 0 Å². The molecule has 0 saturated carbocycles. The summed E-state index contributed by atoms with van der Waals surface area (Å²) in [6, 6.07) is 15.2. The lowest BCUT2D eigenvalue weighted by molar-refractivity contribution is 0.124. The number of rotatable bonds is 5. The molecule has 0 unspecified atom stereocenters. The number of nitrogens with zero attached hydrogens (tertiary/aromatic N) is 4. The smallest absolute Gasteiger partial charge is 0.102 e. The van der Waals surface area contributed by atoms with Crippen molar-refractivity contribution < 1.29 is 4.74 Å². The van der Waals surface area contributed by atoms with E-state index in [9.17, 15) is 10.7 Å². The average Bonchev–Trinajstić information content (AvgIpc) is 2.91. The molecule has 0 atom stereocenters. The van der Waals surface area contributed by atoms with Crippen molar-refractivity contribution in [1.29, 1.82) is 15.8 Å². The van der Waals surface area contributed by atoms with Crippen molar-refractivity contribution in [3.63, 3.8) is 0 Å². The summed E-state index contributed by atoms with van der Waals surface area (Å²) in [6.45, 7) is 0.708. The molecule has 110 valence electrons. The van der Waals surface area contributed by atoms with Gasteiger partial charge < -0.3 is 10.1 Å². The number of allylic oxidation sites excluding steroid dienone is 4. The third-order valence-electron chi connectivity index (χ3n) is 3.41. The predicted octanol–water partition coefficient (Wildman–Crippen LogP) is 2.94. The molecule has 2 rings (SSSR count). The third kappa shape index (κ3) is 3.26. The number of ether oxygens (including phenoxy) is 1. The fourth-order valence-electron chi connectivity index (χ4n) is 2.34. The van der Waals surface area contributed by atoms with Crippen LogP contribution in [0.1, 0.15) is 12.0 Å². The van der Waals surface area contributed by atoms with E-state index in [4.69, 9.17) is 15.3 Å². The van der Waals surface area contributed by atoms with Crippen molar-refractivity contribution in [3.8, 4) is 18.2 Å². The maximum atomic E-state index is 9.23. The van der Waals surface area contributed by atoms with Gasteiger partial charge in [-0.25, -0.2) is 0 Å². The van der Waals surface area contributed by atoms with Crippen molar-refractivity contribution in [2.24, 2.45) is 0 Å². The molecule has 0 heterocycles. The maximum Gasteiger partial charge on any atom is 0.102 e. The van der Waals surface area contributed by atoms with Crippen LogP contribution in [0.3, 0.4) is 0 Å². The molecular weight excluding hydrogens is 288 g/mol. The first-order valence-corrected chi connectivity index (χ1v) is 6.84. The topological polar surface area (TPSA) is 103 Å². The van der Waals surface area contributed by atoms with Crippen LogP contribution in [0.5, 0.6) is 0 Å². The average molecular weight is 299 g/mol. The Morgan fingerprint density at radius 3 is 2.13 bits per heavy atom. The first-order valence-electron chi connectivity index (χ1n) is 6.84. The zero-order chi connectivity index (χ0) is 16.7. The van der Waals surface area contributed by atoms with Crippen LogP contribution in [-0.2, 0) is 11.3 Å². The van der Waals surface area contributed by atoms with Gasteiger partial charge in [0, 0.05) is 5.57 Å².